The number of hydrogen-bond donors (Lipinski definition) is 0. The highest BCUT2D eigenvalue weighted by Gasteiger charge is 2.48. The summed E-state index contributed by atoms with van der Waals surface area (Å²) in [6.45, 7) is 6.75. The fraction of sp³-hybridized carbons (Fsp3) is 0.348. The van der Waals surface area contributed by atoms with Gasteiger partial charge in [-0.25, -0.2) is 4.78 Å². The molecule has 4 nitrogen and oxygen atoms in total. The molecule has 29 heavy (non-hydrogen) atoms. The van der Waals surface area contributed by atoms with Crippen LogP contribution in [0.4, 0.5) is 11.4 Å². The molecular formula is C23H27N4PS. The summed E-state index contributed by atoms with van der Waals surface area (Å²) in [7, 11) is 2.18. The van der Waals surface area contributed by atoms with Crippen LogP contribution in [-0.4, -0.2) is 31.0 Å². The fourth-order valence-corrected chi connectivity index (χ4v) is 9.46. The van der Waals surface area contributed by atoms with Gasteiger partial charge in [0.15, 0.2) is 6.34 Å². The molecule has 2 aromatic rings. The van der Waals surface area contributed by atoms with Gasteiger partial charge in [-0.2, -0.15) is 5.10 Å². The number of likely N-dealkylation sites (N-methyl/N-ethyl adjacent to an activating group) is 1. The van der Waals surface area contributed by atoms with Gasteiger partial charge in [0.2, 0.25) is 0 Å². The Balaban J connectivity index is 1.73. The summed E-state index contributed by atoms with van der Waals surface area (Å²) in [4.78, 5) is 2.35. The quantitative estimate of drug-likeness (QED) is 0.593. The number of hydrazone groups is 1. The minimum absolute atomic E-state index is 0.108. The minimum atomic E-state index is -2.24. The molecule has 0 saturated carbocycles. The standard InChI is InChI=1S/C23H27N4PS/c1-23(2)19-13-7-8-14-20(19)25(3)22(23)21-17-24-27(18-11-5-4-6-12-18)28(21,29)26-15-9-10-16-26/h4-8,11-14,17H,9-10,15-16H2,1-3H3/b22-21-. The van der Waals surface area contributed by atoms with Gasteiger partial charge in [-0.3, -0.25) is 4.67 Å². The number of benzene rings is 2. The summed E-state index contributed by atoms with van der Waals surface area (Å²) in [5, 5.41) is 6.16. The molecule has 0 aliphatic carbocycles. The minimum Gasteiger partial charge on any atom is -0.346 e. The number of para-hydroxylation sites is 2. The van der Waals surface area contributed by atoms with Crippen molar-refractivity contribution < 1.29 is 0 Å². The molecule has 0 N–H and O–H groups in total. The van der Waals surface area contributed by atoms with Gasteiger partial charge in [-0.05, 0) is 36.6 Å². The second-order valence-corrected chi connectivity index (χ2v) is 12.6. The average molecular weight is 423 g/mol. The number of anilines is 2. The van der Waals surface area contributed by atoms with Gasteiger partial charge >= 0.3 is 0 Å². The Hall–Kier alpha value is -1.94. The van der Waals surface area contributed by atoms with Crippen LogP contribution in [0.5, 0.6) is 0 Å². The van der Waals surface area contributed by atoms with Crippen LogP contribution in [0.2, 0.25) is 0 Å². The number of fused-ring (bicyclic) bond motifs is 1. The zero-order valence-corrected chi connectivity index (χ0v) is 19.0. The van der Waals surface area contributed by atoms with Crippen LogP contribution in [0, 0.1) is 0 Å². The van der Waals surface area contributed by atoms with Crippen molar-refractivity contribution in [1.82, 2.24) is 4.67 Å². The van der Waals surface area contributed by atoms with E-state index in [1.807, 2.05) is 6.07 Å². The van der Waals surface area contributed by atoms with E-state index in [-0.39, 0.29) is 5.41 Å². The first-order chi connectivity index (χ1) is 14.0. The summed E-state index contributed by atoms with van der Waals surface area (Å²) in [6.07, 6.45) is 2.24. The monoisotopic (exact) mass is 422 g/mol. The molecule has 6 heteroatoms. The molecule has 3 heterocycles. The van der Waals surface area contributed by atoms with Crippen molar-refractivity contribution in [2.24, 2.45) is 5.10 Å². The van der Waals surface area contributed by atoms with E-state index in [1.165, 1.54) is 35.1 Å². The summed E-state index contributed by atoms with van der Waals surface area (Å²) < 4.78 is 4.69. The van der Waals surface area contributed by atoms with E-state index in [9.17, 15) is 0 Å². The molecule has 0 spiro atoms. The van der Waals surface area contributed by atoms with Crippen LogP contribution in [0.25, 0.3) is 0 Å². The molecule has 150 valence electrons. The highest BCUT2D eigenvalue weighted by molar-refractivity contribution is 8.16. The van der Waals surface area contributed by atoms with Crippen molar-refractivity contribution >= 4 is 35.7 Å². The van der Waals surface area contributed by atoms with Crippen LogP contribution in [0.15, 0.2) is 70.7 Å². The largest absolute Gasteiger partial charge is 0.346 e. The van der Waals surface area contributed by atoms with Crippen molar-refractivity contribution in [1.29, 1.82) is 0 Å². The Morgan fingerprint density at radius 2 is 1.62 bits per heavy atom. The number of hydrogen-bond acceptors (Lipinski definition) is 3. The summed E-state index contributed by atoms with van der Waals surface area (Å²) in [5.74, 6) is 0. The zero-order chi connectivity index (χ0) is 20.2. The van der Waals surface area contributed by atoms with E-state index in [1.54, 1.807) is 0 Å². The van der Waals surface area contributed by atoms with Gasteiger partial charge in [0.1, 0.15) is 0 Å². The average Bonchev–Trinajstić information content (AvgIpc) is 3.42. The Kier molecular flexibility index (Phi) is 4.47. The SMILES string of the molecule is CN1/C(=C2/C=NN(c3ccccc3)P2(=S)N2CCCC2)C(C)(C)c2ccccc21. The second kappa shape index (κ2) is 6.80. The summed E-state index contributed by atoms with van der Waals surface area (Å²) in [6, 6.07) is 19.2. The molecule has 0 amide bonds. The van der Waals surface area contributed by atoms with E-state index in [4.69, 9.17) is 16.9 Å². The predicted octanol–water partition coefficient (Wildman–Crippen LogP) is 5.54. The Labute approximate surface area is 178 Å². The highest BCUT2D eigenvalue weighted by Crippen LogP contribution is 2.68. The van der Waals surface area contributed by atoms with Gasteiger partial charge in [-0.15, -0.1) is 0 Å². The molecule has 0 radical (unpaired) electrons. The maximum absolute atomic E-state index is 6.61. The summed E-state index contributed by atoms with van der Waals surface area (Å²) in [5.41, 5.74) is 4.92. The van der Waals surface area contributed by atoms with Gasteiger partial charge in [0.25, 0.3) is 0 Å². The lowest BCUT2D eigenvalue weighted by molar-refractivity contribution is 0.563. The lowest BCUT2D eigenvalue weighted by Gasteiger charge is -2.38. The lowest BCUT2D eigenvalue weighted by atomic mass is 9.84. The molecule has 1 atom stereocenters. The molecular weight excluding hydrogens is 395 g/mol. The van der Waals surface area contributed by atoms with E-state index < -0.39 is 6.34 Å². The van der Waals surface area contributed by atoms with Crippen molar-refractivity contribution in [2.45, 2.75) is 32.1 Å². The van der Waals surface area contributed by atoms with Crippen molar-refractivity contribution in [3.05, 3.63) is 71.2 Å². The van der Waals surface area contributed by atoms with Crippen molar-refractivity contribution in [2.75, 3.05) is 29.8 Å². The predicted molar refractivity (Wildman–Crippen MR) is 127 cm³/mol. The molecule has 3 aliphatic rings. The van der Waals surface area contributed by atoms with Crippen LogP contribution >= 0.6 is 6.34 Å². The topological polar surface area (TPSA) is 22.1 Å². The van der Waals surface area contributed by atoms with Crippen LogP contribution in [0.1, 0.15) is 32.3 Å². The normalized spacial score (nSPS) is 28.4. The fourth-order valence-electron chi connectivity index (χ4n) is 5.04. The third kappa shape index (κ3) is 2.68. The Morgan fingerprint density at radius 1 is 0.966 bits per heavy atom. The third-order valence-electron chi connectivity index (χ3n) is 6.42. The maximum atomic E-state index is 6.61. The highest BCUT2D eigenvalue weighted by atomic mass is 32.4. The first-order valence-corrected chi connectivity index (χ1v) is 13.0. The molecule has 1 unspecified atom stereocenters. The maximum Gasteiger partial charge on any atom is 0.154 e. The molecule has 5 rings (SSSR count). The summed E-state index contributed by atoms with van der Waals surface area (Å²) >= 11 is 6.61. The molecule has 0 bridgehead atoms. The first kappa shape index (κ1) is 19.0. The van der Waals surface area contributed by atoms with Gasteiger partial charge in [-0.1, -0.05) is 62.1 Å². The molecule has 1 fully saturated rings. The van der Waals surface area contributed by atoms with E-state index in [0.29, 0.717) is 0 Å². The lowest BCUT2D eigenvalue weighted by Crippen LogP contribution is -2.30. The molecule has 3 aliphatic heterocycles. The number of nitrogens with zero attached hydrogens (tertiary/aromatic N) is 4. The van der Waals surface area contributed by atoms with Gasteiger partial charge in [0, 0.05) is 36.9 Å². The Morgan fingerprint density at radius 3 is 2.31 bits per heavy atom. The second-order valence-electron chi connectivity index (χ2n) is 8.51. The zero-order valence-electron chi connectivity index (χ0n) is 17.2. The third-order valence-corrected chi connectivity index (χ3v) is 11.1. The van der Waals surface area contributed by atoms with E-state index in [2.05, 4.69) is 90.0 Å². The first-order valence-electron chi connectivity index (χ1n) is 10.3. The van der Waals surface area contributed by atoms with Crippen LogP contribution in [0.3, 0.4) is 0 Å². The Bertz CT molecular complexity index is 1050. The smallest absolute Gasteiger partial charge is 0.154 e. The van der Waals surface area contributed by atoms with Gasteiger partial charge < -0.3 is 4.90 Å². The van der Waals surface area contributed by atoms with Crippen LogP contribution < -0.4 is 9.68 Å². The molecule has 2 aromatic carbocycles. The van der Waals surface area contributed by atoms with Crippen molar-refractivity contribution in [3.63, 3.8) is 0 Å². The number of allylic oxidation sites excluding steroid dienone is 2. The van der Waals surface area contributed by atoms with E-state index in [0.717, 1.165) is 18.8 Å². The van der Waals surface area contributed by atoms with Crippen molar-refractivity contribution in [3.8, 4) is 0 Å². The van der Waals surface area contributed by atoms with E-state index >= 15 is 0 Å². The van der Waals surface area contributed by atoms with Gasteiger partial charge in [0.05, 0.1) is 17.2 Å². The molecule has 0 aromatic heterocycles. The molecule has 1 saturated heterocycles. The number of rotatable bonds is 2. The van der Waals surface area contributed by atoms with Crippen LogP contribution in [-0.2, 0) is 17.2 Å².